The van der Waals surface area contributed by atoms with Crippen LogP contribution in [0.15, 0.2) is 53.9 Å². The Hall–Kier alpha value is -2.53. The van der Waals surface area contributed by atoms with Crippen LogP contribution in [0.25, 0.3) is 10.6 Å². The van der Waals surface area contributed by atoms with Gasteiger partial charge in [0.2, 0.25) is 5.91 Å². The summed E-state index contributed by atoms with van der Waals surface area (Å²) in [5, 5.41) is 2.62. The Labute approximate surface area is 149 Å². The number of thiazole rings is 1. The number of hydrogen-bond acceptors (Lipinski definition) is 3. The van der Waals surface area contributed by atoms with E-state index in [1.807, 2.05) is 34.5 Å². The number of amides is 1. The Kier molecular flexibility index (Phi) is 4.32. The second-order valence-corrected chi connectivity index (χ2v) is 6.97. The van der Waals surface area contributed by atoms with Crippen molar-refractivity contribution in [2.75, 3.05) is 11.4 Å². The van der Waals surface area contributed by atoms with Gasteiger partial charge >= 0.3 is 0 Å². The summed E-state index contributed by atoms with van der Waals surface area (Å²) in [4.78, 5) is 19.1. The third-order valence-corrected chi connectivity index (χ3v) is 5.31. The molecule has 3 aromatic rings. The predicted octanol–water partition coefficient (Wildman–Crippen LogP) is 4.47. The van der Waals surface area contributed by atoms with Crippen molar-refractivity contribution in [3.8, 4) is 10.6 Å². The third kappa shape index (κ3) is 3.33. The van der Waals surface area contributed by atoms with E-state index in [2.05, 4.69) is 11.1 Å². The topological polar surface area (TPSA) is 33.2 Å². The maximum atomic E-state index is 13.4. The minimum absolute atomic E-state index is 0.0586. The first kappa shape index (κ1) is 16.0. The van der Waals surface area contributed by atoms with Gasteiger partial charge in [-0.15, -0.1) is 11.3 Å². The molecule has 2 aromatic carbocycles. The van der Waals surface area contributed by atoms with Gasteiger partial charge < -0.3 is 4.90 Å². The maximum absolute atomic E-state index is 13.4. The minimum Gasteiger partial charge on any atom is -0.312 e. The summed E-state index contributed by atoms with van der Waals surface area (Å²) in [5.74, 6) is -0.224. The summed E-state index contributed by atoms with van der Waals surface area (Å²) in [6.07, 6.45) is 2.26. The van der Waals surface area contributed by atoms with Gasteiger partial charge in [0.15, 0.2) is 0 Å². The van der Waals surface area contributed by atoms with Crippen LogP contribution >= 0.6 is 11.3 Å². The highest BCUT2D eigenvalue weighted by Gasteiger charge is 2.22. The van der Waals surface area contributed by atoms with E-state index in [0.29, 0.717) is 0 Å². The molecule has 2 heterocycles. The van der Waals surface area contributed by atoms with E-state index in [0.717, 1.165) is 41.3 Å². The fourth-order valence-corrected chi connectivity index (χ4v) is 4.00. The molecule has 0 bridgehead atoms. The summed E-state index contributed by atoms with van der Waals surface area (Å²) in [5.41, 5.74) is 3.71. The number of nitrogens with zero attached hydrogens (tertiary/aromatic N) is 2. The van der Waals surface area contributed by atoms with Crippen LogP contribution in [-0.2, 0) is 17.6 Å². The molecule has 25 heavy (non-hydrogen) atoms. The van der Waals surface area contributed by atoms with Crippen LogP contribution in [0.4, 0.5) is 10.1 Å². The molecule has 0 saturated carbocycles. The normalized spacial score (nSPS) is 13.6. The van der Waals surface area contributed by atoms with Gasteiger partial charge in [-0.25, -0.2) is 9.37 Å². The van der Waals surface area contributed by atoms with Crippen molar-refractivity contribution in [2.45, 2.75) is 19.3 Å². The molecule has 0 atom stereocenters. The van der Waals surface area contributed by atoms with Crippen molar-refractivity contribution < 1.29 is 9.18 Å². The van der Waals surface area contributed by atoms with Gasteiger partial charge in [0.1, 0.15) is 10.8 Å². The lowest BCUT2D eigenvalue weighted by Gasteiger charge is -2.29. The Morgan fingerprint density at radius 2 is 2.08 bits per heavy atom. The predicted molar refractivity (Wildman–Crippen MR) is 98.3 cm³/mol. The number of halogens is 1. The van der Waals surface area contributed by atoms with Crippen LogP contribution in [0.3, 0.4) is 0 Å². The molecule has 0 saturated heterocycles. The van der Waals surface area contributed by atoms with Crippen LogP contribution in [0.2, 0.25) is 0 Å². The van der Waals surface area contributed by atoms with E-state index in [-0.39, 0.29) is 18.1 Å². The summed E-state index contributed by atoms with van der Waals surface area (Å²) >= 11 is 1.44. The molecule has 1 amide bonds. The number of para-hydroxylation sites is 1. The number of carbonyl (C=O) groups excluding carboxylic acids is 1. The van der Waals surface area contributed by atoms with Gasteiger partial charge in [0, 0.05) is 23.2 Å². The summed E-state index contributed by atoms with van der Waals surface area (Å²) in [6, 6.07) is 14.4. The number of rotatable bonds is 3. The van der Waals surface area contributed by atoms with E-state index in [4.69, 9.17) is 0 Å². The molecular weight excluding hydrogens is 335 g/mol. The van der Waals surface area contributed by atoms with Gasteiger partial charge in [0.05, 0.1) is 12.1 Å². The van der Waals surface area contributed by atoms with Crippen molar-refractivity contribution in [3.63, 3.8) is 0 Å². The number of hydrogen-bond donors (Lipinski definition) is 0. The van der Waals surface area contributed by atoms with E-state index in [1.54, 1.807) is 6.07 Å². The molecule has 126 valence electrons. The first-order valence-corrected chi connectivity index (χ1v) is 9.17. The number of benzene rings is 2. The average Bonchev–Trinajstić information content (AvgIpc) is 3.10. The van der Waals surface area contributed by atoms with Gasteiger partial charge in [-0.3, -0.25) is 4.79 Å². The van der Waals surface area contributed by atoms with Crippen molar-refractivity contribution in [1.82, 2.24) is 4.98 Å². The number of aryl methyl sites for hydroxylation is 1. The van der Waals surface area contributed by atoms with E-state index < -0.39 is 0 Å². The highest BCUT2D eigenvalue weighted by Crippen LogP contribution is 2.28. The highest BCUT2D eigenvalue weighted by atomic mass is 32.1. The molecule has 0 aliphatic carbocycles. The number of carbonyl (C=O) groups is 1. The monoisotopic (exact) mass is 352 g/mol. The minimum atomic E-state index is -0.282. The summed E-state index contributed by atoms with van der Waals surface area (Å²) in [7, 11) is 0. The first-order valence-electron chi connectivity index (χ1n) is 8.29. The molecule has 3 nitrogen and oxygen atoms in total. The summed E-state index contributed by atoms with van der Waals surface area (Å²) < 4.78 is 13.4. The van der Waals surface area contributed by atoms with Crippen LogP contribution in [0.5, 0.6) is 0 Å². The Morgan fingerprint density at radius 1 is 1.20 bits per heavy atom. The van der Waals surface area contributed by atoms with Crippen LogP contribution in [0.1, 0.15) is 17.7 Å². The SMILES string of the molecule is O=C(Cc1csc(-c2cccc(F)c2)n1)N1CCCc2ccccc21. The van der Waals surface area contributed by atoms with Gasteiger partial charge in [-0.2, -0.15) is 0 Å². The van der Waals surface area contributed by atoms with Crippen LogP contribution in [-0.4, -0.2) is 17.4 Å². The molecular formula is C20H17FN2OS. The quantitative estimate of drug-likeness (QED) is 0.697. The van der Waals surface area contributed by atoms with Crippen molar-refractivity contribution in [1.29, 1.82) is 0 Å². The highest BCUT2D eigenvalue weighted by molar-refractivity contribution is 7.13. The van der Waals surface area contributed by atoms with Gasteiger partial charge in [-0.05, 0) is 36.6 Å². The van der Waals surface area contributed by atoms with Crippen molar-refractivity contribution >= 4 is 22.9 Å². The number of anilines is 1. The molecule has 0 unspecified atom stereocenters. The number of fused-ring (bicyclic) bond motifs is 1. The largest absolute Gasteiger partial charge is 0.312 e. The second kappa shape index (κ2) is 6.76. The van der Waals surface area contributed by atoms with E-state index in [1.165, 1.54) is 29.0 Å². The lowest BCUT2D eigenvalue weighted by Crippen LogP contribution is -2.36. The Balaban J connectivity index is 1.53. The molecule has 1 aliphatic rings. The van der Waals surface area contributed by atoms with Gasteiger partial charge in [0.25, 0.3) is 0 Å². The fourth-order valence-electron chi connectivity index (χ4n) is 3.19. The van der Waals surface area contributed by atoms with E-state index >= 15 is 0 Å². The van der Waals surface area contributed by atoms with Gasteiger partial charge in [-0.1, -0.05) is 30.3 Å². The van der Waals surface area contributed by atoms with Crippen molar-refractivity contribution in [3.05, 3.63) is 71.0 Å². The van der Waals surface area contributed by atoms with Crippen molar-refractivity contribution in [2.24, 2.45) is 0 Å². The van der Waals surface area contributed by atoms with Crippen LogP contribution < -0.4 is 4.90 Å². The first-order chi connectivity index (χ1) is 12.2. The smallest absolute Gasteiger partial charge is 0.233 e. The zero-order valence-corrected chi connectivity index (χ0v) is 14.4. The van der Waals surface area contributed by atoms with Crippen LogP contribution in [0, 0.1) is 5.82 Å². The fraction of sp³-hybridized carbons (Fsp3) is 0.200. The average molecular weight is 352 g/mol. The molecule has 5 heteroatoms. The lowest BCUT2D eigenvalue weighted by molar-refractivity contribution is -0.118. The molecule has 0 N–H and O–H groups in total. The molecule has 1 aromatic heterocycles. The molecule has 0 fully saturated rings. The zero-order valence-electron chi connectivity index (χ0n) is 13.6. The second-order valence-electron chi connectivity index (χ2n) is 6.11. The summed E-state index contributed by atoms with van der Waals surface area (Å²) in [6.45, 7) is 0.747. The van der Waals surface area contributed by atoms with E-state index in [9.17, 15) is 9.18 Å². The maximum Gasteiger partial charge on any atom is 0.233 e. The molecule has 0 radical (unpaired) electrons. The lowest BCUT2D eigenvalue weighted by atomic mass is 10.0. The molecule has 1 aliphatic heterocycles. The Bertz CT molecular complexity index is 921. The standard InChI is InChI=1S/C20H17FN2OS/c21-16-8-3-6-15(11-16)20-22-17(13-25-20)12-19(24)23-10-4-7-14-5-1-2-9-18(14)23/h1-3,5-6,8-9,11,13H,4,7,10,12H2. The zero-order chi connectivity index (χ0) is 17.2. The number of aromatic nitrogens is 1. The molecule has 4 rings (SSSR count). The molecule has 0 spiro atoms. The third-order valence-electron chi connectivity index (χ3n) is 4.37. The Morgan fingerprint density at radius 3 is 2.96 bits per heavy atom.